The molecule has 0 aliphatic carbocycles. The first-order valence-electron chi connectivity index (χ1n) is 9.99. The number of nitriles is 1. The van der Waals surface area contributed by atoms with Crippen molar-refractivity contribution in [3.8, 4) is 17.3 Å². The minimum absolute atomic E-state index is 0.00975. The topological polar surface area (TPSA) is 105 Å². The number of aromatic nitrogens is 1. The van der Waals surface area contributed by atoms with Gasteiger partial charge in [-0.1, -0.05) is 46.3 Å². The largest absolute Gasteiger partial charge is 0.292 e. The SMILES string of the molecule is N#C[C@H](C(=O)c1ccc2c(c1)S(=O)(=O)c1ccccc1C2=O)c1nc(-c2ccc(Br)cc2)cs1. The van der Waals surface area contributed by atoms with Crippen molar-refractivity contribution in [3.05, 3.63) is 98.3 Å². The van der Waals surface area contributed by atoms with Crippen LogP contribution in [0.15, 0.2) is 86.4 Å². The molecule has 0 bridgehead atoms. The van der Waals surface area contributed by atoms with Gasteiger partial charge in [-0.05, 0) is 36.4 Å². The van der Waals surface area contributed by atoms with Gasteiger partial charge in [0.05, 0.1) is 21.6 Å². The van der Waals surface area contributed by atoms with Gasteiger partial charge in [-0.25, -0.2) is 13.4 Å². The van der Waals surface area contributed by atoms with Gasteiger partial charge in [0.25, 0.3) is 0 Å². The summed E-state index contributed by atoms with van der Waals surface area (Å²) in [6.45, 7) is 0. The van der Waals surface area contributed by atoms with E-state index in [2.05, 4.69) is 20.9 Å². The number of thiazole rings is 1. The molecule has 3 aromatic carbocycles. The summed E-state index contributed by atoms with van der Waals surface area (Å²) >= 11 is 4.57. The number of halogens is 1. The van der Waals surface area contributed by atoms with Crippen molar-refractivity contribution >= 4 is 48.7 Å². The number of nitrogens with zero attached hydrogens (tertiary/aromatic N) is 2. The minimum Gasteiger partial charge on any atom is -0.292 e. The number of benzene rings is 3. The molecule has 1 aromatic heterocycles. The number of fused-ring (bicyclic) bond motifs is 2. The molecule has 0 N–H and O–H groups in total. The molecule has 0 saturated heterocycles. The zero-order valence-electron chi connectivity index (χ0n) is 17.2. The lowest BCUT2D eigenvalue weighted by Gasteiger charge is -2.19. The Bertz CT molecular complexity index is 1630. The fourth-order valence-electron chi connectivity index (χ4n) is 3.80. The third kappa shape index (κ3) is 3.60. The first-order valence-corrected chi connectivity index (χ1v) is 13.1. The Morgan fingerprint density at radius 2 is 1.71 bits per heavy atom. The summed E-state index contributed by atoms with van der Waals surface area (Å²) in [6.07, 6.45) is 0. The lowest BCUT2D eigenvalue weighted by atomic mass is 9.96. The third-order valence-electron chi connectivity index (χ3n) is 5.52. The lowest BCUT2D eigenvalue weighted by molar-refractivity contribution is 0.0975. The van der Waals surface area contributed by atoms with Gasteiger partial charge < -0.3 is 0 Å². The number of rotatable bonds is 4. The Kier molecular flexibility index (Phi) is 5.52. The van der Waals surface area contributed by atoms with E-state index in [-0.39, 0.29) is 26.5 Å². The van der Waals surface area contributed by atoms with Crippen LogP contribution in [0, 0.1) is 11.3 Å². The molecule has 0 radical (unpaired) electrons. The number of hydrogen-bond acceptors (Lipinski definition) is 7. The molecule has 6 nitrogen and oxygen atoms in total. The Hall–Kier alpha value is -3.45. The van der Waals surface area contributed by atoms with Gasteiger partial charge in [0.2, 0.25) is 9.84 Å². The summed E-state index contributed by atoms with van der Waals surface area (Å²) < 4.78 is 27.3. The van der Waals surface area contributed by atoms with Crippen LogP contribution in [0.3, 0.4) is 0 Å². The second kappa shape index (κ2) is 8.40. The second-order valence-electron chi connectivity index (χ2n) is 7.54. The van der Waals surface area contributed by atoms with Crippen molar-refractivity contribution in [1.82, 2.24) is 4.98 Å². The molecule has 1 aliphatic rings. The number of carbonyl (C=O) groups excluding carboxylic acids is 2. The molecule has 0 saturated carbocycles. The molecule has 34 heavy (non-hydrogen) atoms. The molecule has 9 heteroatoms. The maximum absolute atomic E-state index is 13.2. The average Bonchev–Trinajstić information content (AvgIpc) is 3.33. The molecule has 1 atom stereocenters. The van der Waals surface area contributed by atoms with Gasteiger partial charge in [0.15, 0.2) is 17.5 Å². The Labute approximate surface area is 207 Å². The molecule has 0 spiro atoms. The number of sulfone groups is 1. The van der Waals surface area contributed by atoms with E-state index < -0.39 is 27.3 Å². The lowest BCUT2D eigenvalue weighted by Crippen LogP contribution is -2.21. The molecule has 4 aromatic rings. The molecule has 0 amide bonds. The number of carbonyl (C=O) groups is 2. The van der Waals surface area contributed by atoms with Crippen LogP contribution >= 0.6 is 27.3 Å². The summed E-state index contributed by atoms with van der Waals surface area (Å²) in [5.41, 5.74) is 1.62. The molecule has 5 rings (SSSR count). The van der Waals surface area contributed by atoms with Gasteiger partial charge >= 0.3 is 0 Å². The van der Waals surface area contributed by atoms with Crippen LogP contribution in [0.25, 0.3) is 11.3 Å². The zero-order chi connectivity index (χ0) is 24.0. The number of ketones is 2. The van der Waals surface area contributed by atoms with Gasteiger partial charge in [-0.3, -0.25) is 9.59 Å². The van der Waals surface area contributed by atoms with Crippen molar-refractivity contribution in [1.29, 1.82) is 5.26 Å². The van der Waals surface area contributed by atoms with E-state index in [1.807, 2.05) is 30.3 Å². The normalized spacial score (nSPS) is 14.5. The maximum Gasteiger partial charge on any atom is 0.208 e. The first kappa shape index (κ1) is 22.3. The van der Waals surface area contributed by atoms with E-state index in [4.69, 9.17) is 0 Å². The summed E-state index contributed by atoms with van der Waals surface area (Å²) in [5, 5.41) is 11.8. The smallest absolute Gasteiger partial charge is 0.208 e. The fraction of sp³-hybridized carbons (Fsp3) is 0.0400. The van der Waals surface area contributed by atoms with E-state index in [9.17, 15) is 23.3 Å². The predicted molar refractivity (Wildman–Crippen MR) is 130 cm³/mol. The Morgan fingerprint density at radius 3 is 2.44 bits per heavy atom. The molecule has 2 heterocycles. The van der Waals surface area contributed by atoms with Crippen LogP contribution in [0.1, 0.15) is 37.2 Å². The van der Waals surface area contributed by atoms with E-state index in [0.29, 0.717) is 10.7 Å². The molecule has 0 unspecified atom stereocenters. The third-order valence-corrected chi connectivity index (χ3v) is 8.81. The summed E-state index contributed by atoms with van der Waals surface area (Å²) in [4.78, 5) is 30.2. The fourth-order valence-corrected chi connectivity index (χ4v) is 6.61. The first-order chi connectivity index (χ1) is 16.3. The van der Waals surface area contributed by atoms with Crippen LogP contribution in [0.4, 0.5) is 0 Å². The monoisotopic (exact) mass is 548 g/mol. The highest BCUT2D eigenvalue weighted by molar-refractivity contribution is 9.10. The van der Waals surface area contributed by atoms with Gasteiger partial charge in [0, 0.05) is 32.1 Å². The highest BCUT2D eigenvalue weighted by Gasteiger charge is 2.36. The van der Waals surface area contributed by atoms with Crippen molar-refractivity contribution in [2.45, 2.75) is 15.7 Å². The molecular formula is C25H13BrN2O4S2. The van der Waals surface area contributed by atoms with Crippen molar-refractivity contribution < 1.29 is 18.0 Å². The van der Waals surface area contributed by atoms with Crippen LogP contribution in [-0.4, -0.2) is 25.0 Å². The van der Waals surface area contributed by atoms with Crippen LogP contribution in [-0.2, 0) is 9.84 Å². The summed E-state index contributed by atoms with van der Waals surface area (Å²) in [5.74, 6) is -2.21. The van der Waals surface area contributed by atoms with Crippen LogP contribution in [0.2, 0.25) is 0 Å². The summed E-state index contributed by atoms with van der Waals surface area (Å²) in [6, 6.07) is 19.4. The van der Waals surface area contributed by atoms with Crippen molar-refractivity contribution in [2.24, 2.45) is 0 Å². The molecule has 0 fully saturated rings. The van der Waals surface area contributed by atoms with Crippen molar-refractivity contribution in [2.75, 3.05) is 0 Å². The maximum atomic E-state index is 13.2. The second-order valence-corrected chi connectivity index (χ2v) is 11.2. The van der Waals surface area contributed by atoms with Gasteiger partial charge in [-0.15, -0.1) is 11.3 Å². The van der Waals surface area contributed by atoms with Gasteiger partial charge in [0.1, 0.15) is 5.01 Å². The standard InChI is InChI=1S/C25H13BrN2O4S2/c26-16-8-5-14(6-9-16)20-13-33-25(28-20)19(12-27)23(29)15-7-10-18-22(11-15)34(31,32)21-4-2-1-3-17(21)24(18)30/h1-11,13,19H/t19-/m1/s1. The minimum atomic E-state index is -4.00. The summed E-state index contributed by atoms with van der Waals surface area (Å²) in [7, 11) is -4.00. The quantitative estimate of drug-likeness (QED) is 0.277. The van der Waals surface area contributed by atoms with E-state index in [1.54, 1.807) is 17.5 Å². The highest BCUT2D eigenvalue weighted by atomic mass is 79.9. The highest BCUT2D eigenvalue weighted by Crippen LogP contribution is 2.36. The van der Waals surface area contributed by atoms with Gasteiger partial charge in [-0.2, -0.15) is 5.26 Å². The number of hydrogen-bond donors (Lipinski definition) is 0. The molecule has 1 aliphatic heterocycles. The Morgan fingerprint density at radius 1 is 1.00 bits per heavy atom. The zero-order valence-corrected chi connectivity index (χ0v) is 20.4. The van der Waals surface area contributed by atoms with Crippen molar-refractivity contribution in [3.63, 3.8) is 0 Å². The molecule has 166 valence electrons. The number of Topliss-reactive ketones (excluding diaryl/α,β-unsaturated/α-hetero) is 1. The molecular weight excluding hydrogens is 536 g/mol. The van der Waals surface area contributed by atoms with E-state index >= 15 is 0 Å². The Balaban J connectivity index is 1.52. The van der Waals surface area contributed by atoms with E-state index in [0.717, 1.165) is 10.0 Å². The van der Waals surface area contributed by atoms with Crippen LogP contribution in [0.5, 0.6) is 0 Å². The van der Waals surface area contributed by atoms with E-state index in [1.165, 1.54) is 41.7 Å². The predicted octanol–water partition coefficient (Wildman–Crippen LogP) is 5.44. The van der Waals surface area contributed by atoms with Crippen LogP contribution < -0.4 is 0 Å². The average molecular weight is 549 g/mol.